The largest absolute Gasteiger partial charge is 0.216 e. The van der Waals surface area contributed by atoms with Gasteiger partial charge in [-0.3, -0.25) is 0 Å². The van der Waals surface area contributed by atoms with Crippen molar-refractivity contribution >= 4 is 21.6 Å². The molecule has 1 N–H and O–H groups in total. The molecule has 3 nitrogen and oxygen atoms in total. The van der Waals surface area contributed by atoms with Crippen molar-refractivity contribution in [1.82, 2.24) is 4.72 Å². The molecule has 0 bridgehead atoms. The molecule has 1 atom stereocenters. The van der Waals surface area contributed by atoms with Crippen LogP contribution in [0.5, 0.6) is 0 Å². The summed E-state index contributed by atoms with van der Waals surface area (Å²) < 4.78 is 27.9. The molecule has 0 amide bonds. The van der Waals surface area contributed by atoms with Gasteiger partial charge >= 0.3 is 0 Å². The van der Waals surface area contributed by atoms with Crippen LogP contribution >= 0.6 is 11.6 Å². The molecule has 5 heteroatoms. The molecule has 2 rings (SSSR count). The minimum Gasteiger partial charge on any atom is -0.212 e. The van der Waals surface area contributed by atoms with E-state index in [9.17, 15) is 8.42 Å². The molecule has 2 aromatic carbocycles. The predicted molar refractivity (Wildman–Crippen MR) is 95.8 cm³/mol. The monoisotopic (exact) mass is 351 g/mol. The highest BCUT2D eigenvalue weighted by molar-refractivity contribution is 7.88. The Morgan fingerprint density at radius 3 is 2.35 bits per heavy atom. The smallest absolute Gasteiger partial charge is 0.212 e. The van der Waals surface area contributed by atoms with Gasteiger partial charge in [-0.1, -0.05) is 67.9 Å². The summed E-state index contributed by atoms with van der Waals surface area (Å²) in [6, 6.07) is 16.4. The van der Waals surface area contributed by atoms with Gasteiger partial charge in [-0.2, -0.15) is 0 Å². The summed E-state index contributed by atoms with van der Waals surface area (Å²) in [6.45, 7) is 4.17. The van der Waals surface area contributed by atoms with Gasteiger partial charge < -0.3 is 0 Å². The van der Waals surface area contributed by atoms with E-state index in [1.165, 1.54) is 0 Å². The molecule has 0 saturated heterocycles. The van der Waals surface area contributed by atoms with E-state index in [4.69, 9.17) is 11.6 Å². The normalized spacial score (nSPS) is 13.2. The highest BCUT2D eigenvalue weighted by Crippen LogP contribution is 2.23. The van der Waals surface area contributed by atoms with Crippen LogP contribution in [0.4, 0.5) is 0 Å². The number of hydrogen-bond donors (Lipinski definition) is 1. The number of hydrogen-bond acceptors (Lipinski definition) is 2. The minimum atomic E-state index is -3.45. The average Bonchev–Trinajstić information content (AvgIpc) is 2.46. The number of rotatable bonds is 7. The molecule has 0 aliphatic heterocycles. The van der Waals surface area contributed by atoms with Gasteiger partial charge in [0, 0.05) is 11.1 Å². The van der Waals surface area contributed by atoms with Gasteiger partial charge in [-0.25, -0.2) is 13.1 Å². The van der Waals surface area contributed by atoms with Crippen molar-refractivity contribution in [3.05, 3.63) is 70.7 Å². The van der Waals surface area contributed by atoms with Crippen LogP contribution < -0.4 is 4.72 Å². The zero-order valence-corrected chi connectivity index (χ0v) is 14.9. The van der Waals surface area contributed by atoms with Crippen LogP contribution in [-0.4, -0.2) is 8.42 Å². The second kappa shape index (κ2) is 7.95. The van der Waals surface area contributed by atoms with Crippen molar-refractivity contribution < 1.29 is 8.42 Å². The number of halogens is 1. The number of nitrogens with one attached hydrogen (secondary N) is 1. The lowest BCUT2D eigenvalue weighted by Gasteiger charge is -2.21. The highest BCUT2D eigenvalue weighted by Gasteiger charge is 2.21. The average molecular weight is 352 g/mol. The molecule has 0 heterocycles. The molecule has 1 unspecified atom stereocenters. The fourth-order valence-electron chi connectivity index (χ4n) is 2.51. The van der Waals surface area contributed by atoms with E-state index < -0.39 is 10.0 Å². The van der Waals surface area contributed by atoms with Crippen molar-refractivity contribution in [1.29, 1.82) is 0 Å². The highest BCUT2D eigenvalue weighted by atomic mass is 35.5. The van der Waals surface area contributed by atoms with Gasteiger partial charge in [0.15, 0.2) is 0 Å². The Kier molecular flexibility index (Phi) is 6.22. The predicted octanol–water partition coefficient (Wildman–Crippen LogP) is 4.55. The second-order valence-corrected chi connectivity index (χ2v) is 8.29. The fourth-order valence-corrected chi connectivity index (χ4v) is 4.09. The molecular formula is C18H22ClNO2S. The van der Waals surface area contributed by atoms with Crippen LogP contribution in [-0.2, 0) is 15.8 Å². The summed E-state index contributed by atoms with van der Waals surface area (Å²) in [4.78, 5) is 0. The van der Waals surface area contributed by atoms with E-state index in [2.05, 4.69) is 18.6 Å². The van der Waals surface area contributed by atoms with Gasteiger partial charge in [-0.05, 0) is 35.6 Å². The summed E-state index contributed by atoms with van der Waals surface area (Å²) in [5.41, 5.74) is 1.66. The summed E-state index contributed by atoms with van der Waals surface area (Å²) in [5.74, 6) is 0.309. The maximum Gasteiger partial charge on any atom is 0.216 e. The van der Waals surface area contributed by atoms with Crippen LogP contribution in [0, 0.1) is 5.92 Å². The zero-order chi connectivity index (χ0) is 16.9. The molecule has 0 fully saturated rings. The topological polar surface area (TPSA) is 46.2 Å². The summed E-state index contributed by atoms with van der Waals surface area (Å²) in [7, 11) is -3.45. The Balaban J connectivity index is 2.17. The Bertz CT molecular complexity index is 730. The lowest BCUT2D eigenvalue weighted by Crippen LogP contribution is -2.30. The van der Waals surface area contributed by atoms with Crippen LogP contribution in [0.15, 0.2) is 54.6 Å². The first-order chi connectivity index (χ1) is 10.9. The van der Waals surface area contributed by atoms with E-state index in [-0.39, 0.29) is 11.8 Å². The number of benzene rings is 2. The van der Waals surface area contributed by atoms with Crippen LogP contribution in [0.2, 0.25) is 5.02 Å². The first-order valence-corrected chi connectivity index (χ1v) is 9.68. The molecular weight excluding hydrogens is 330 g/mol. The molecule has 0 aliphatic rings. The second-order valence-electron chi connectivity index (χ2n) is 6.10. The van der Waals surface area contributed by atoms with E-state index in [1.54, 1.807) is 24.3 Å². The Morgan fingerprint density at radius 1 is 1.04 bits per heavy atom. The Labute approximate surface area is 143 Å². The third kappa shape index (κ3) is 5.98. The quantitative estimate of drug-likeness (QED) is 0.795. The van der Waals surface area contributed by atoms with E-state index in [1.807, 2.05) is 30.3 Å². The summed E-state index contributed by atoms with van der Waals surface area (Å²) in [6.07, 6.45) is 0.749. The molecule has 0 aromatic heterocycles. The van der Waals surface area contributed by atoms with Crippen molar-refractivity contribution in [2.45, 2.75) is 32.1 Å². The van der Waals surface area contributed by atoms with Crippen LogP contribution in [0.3, 0.4) is 0 Å². The van der Waals surface area contributed by atoms with Crippen molar-refractivity contribution in [2.24, 2.45) is 5.92 Å². The third-order valence-corrected chi connectivity index (χ3v) is 5.07. The summed E-state index contributed by atoms with van der Waals surface area (Å²) >= 11 is 5.93. The molecule has 0 radical (unpaired) electrons. The fraction of sp³-hybridized carbons (Fsp3) is 0.333. The molecule has 0 aliphatic carbocycles. The first-order valence-electron chi connectivity index (χ1n) is 7.65. The lowest BCUT2D eigenvalue weighted by atomic mass is 9.98. The standard InChI is InChI=1S/C18H22ClNO2S/c1-14(2)11-18(16-8-4-3-5-9-16)20-23(21,22)13-15-7-6-10-17(19)12-15/h3-10,12,14,18,20H,11,13H2,1-2H3. The maximum absolute atomic E-state index is 12.5. The van der Waals surface area contributed by atoms with Crippen molar-refractivity contribution in [2.75, 3.05) is 0 Å². The van der Waals surface area contributed by atoms with Gasteiger partial charge in [0.1, 0.15) is 0 Å². The third-order valence-electron chi connectivity index (χ3n) is 3.48. The van der Waals surface area contributed by atoms with Crippen LogP contribution in [0.25, 0.3) is 0 Å². The lowest BCUT2D eigenvalue weighted by molar-refractivity contribution is 0.472. The molecule has 0 saturated carbocycles. The van der Waals surface area contributed by atoms with Gasteiger partial charge in [0.2, 0.25) is 10.0 Å². The van der Waals surface area contributed by atoms with Crippen molar-refractivity contribution in [3.8, 4) is 0 Å². The van der Waals surface area contributed by atoms with Crippen LogP contribution in [0.1, 0.15) is 37.4 Å². The zero-order valence-electron chi connectivity index (χ0n) is 13.4. The minimum absolute atomic E-state index is 0.0744. The Morgan fingerprint density at radius 2 is 1.74 bits per heavy atom. The maximum atomic E-state index is 12.5. The van der Waals surface area contributed by atoms with Gasteiger partial charge in [0.25, 0.3) is 0 Å². The molecule has 124 valence electrons. The van der Waals surface area contributed by atoms with E-state index in [0.29, 0.717) is 16.5 Å². The van der Waals surface area contributed by atoms with Gasteiger partial charge in [-0.15, -0.1) is 0 Å². The SMILES string of the molecule is CC(C)CC(NS(=O)(=O)Cc1cccc(Cl)c1)c1ccccc1. The number of sulfonamides is 1. The molecule has 23 heavy (non-hydrogen) atoms. The van der Waals surface area contributed by atoms with Gasteiger partial charge in [0.05, 0.1) is 5.75 Å². The molecule has 0 spiro atoms. The molecule has 2 aromatic rings. The first kappa shape index (κ1) is 18.0. The Hall–Kier alpha value is -1.36. The van der Waals surface area contributed by atoms with E-state index >= 15 is 0 Å². The van der Waals surface area contributed by atoms with E-state index in [0.717, 1.165) is 12.0 Å². The van der Waals surface area contributed by atoms with Crippen molar-refractivity contribution in [3.63, 3.8) is 0 Å². The summed E-state index contributed by atoms with van der Waals surface area (Å²) in [5, 5.41) is 0.541.